The molecule has 1 atom stereocenters. The molecule has 0 saturated heterocycles. The van der Waals surface area contributed by atoms with Crippen molar-refractivity contribution < 1.29 is 28.0 Å². The van der Waals surface area contributed by atoms with Crippen molar-refractivity contribution in [3.05, 3.63) is 64.7 Å². The standard InChI is InChI=1S/C25H25N3O6/c1-13-10-18(15(3)32-13)20-11-19(22-14(2)28-34-24(22)27-20)25(30)33-16(4)23(29)26-12-17-8-6-7-9-21(17)31-5/h6-11,16H,12H2,1-5H3,(H,26,29). The summed E-state index contributed by atoms with van der Waals surface area (Å²) in [5, 5.41) is 7.14. The Labute approximate surface area is 196 Å². The normalized spacial score (nSPS) is 11.9. The maximum atomic E-state index is 13.1. The van der Waals surface area contributed by atoms with Crippen molar-refractivity contribution in [1.29, 1.82) is 0 Å². The smallest absolute Gasteiger partial charge is 0.339 e. The molecule has 3 heterocycles. The number of esters is 1. The maximum Gasteiger partial charge on any atom is 0.339 e. The van der Waals surface area contributed by atoms with Crippen LogP contribution < -0.4 is 10.1 Å². The van der Waals surface area contributed by atoms with E-state index >= 15 is 0 Å². The molecule has 9 nitrogen and oxygen atoms in total. The zero-order valence-electron chi connectivity index (χ0n) is 19.6. The number of hydrogen-bond acceptors (Lipinski definition) is 8. The molecule has 1 unspecified atom stereocenters. The van der Waals surface area contributed by atoms with Crippen molar-refractivity contribution in [3.8, 4) is 17.0 Å². The van der Waals surface area contributed by atoms with E-state index in [2.05, 4.69) is 15.5 Å². The Kier molecular flexibility index (Phi) is 6.36. The first-order valence-electron chi connectivity index (χ1n) is 10.7. The number of para-hydroxylation sites is 1. The van der Waals surface area contributed by atoms with Gasteiger partial charge in [-0.05, 0) is 45.9 Å². The topological polar surface area (TPSA) is 117 Å². The van der Waals surface area contributed by atoms with Gasteiger partial charge < -0.3 is 23.7 Å². The van der Waals surface area contributed by atoms with Gasteiger partial charge in [0.05, 0.1) is 29.4 Å². The van der Waals surface area contributed by atoms with E-state index in [1.54, 1.807) is 20.1 Å². The fraction of sp³-hybridized carbons (Fsp3) is 0.280. The number of aryl methyl sites for hydroxylation is 3. The SMILES string of the molecule is COc1ccccc1CNC(=O)C(C)OC(=O)c1cc(-c2cc(C)oc2C)nc2onc(C)c12. The highest BCUT2D eigenvalue weighted by atomic mass is 16.5. The molecule has 176 valence electrons. The second-order valence-corrected chi connectivity index (χ2v) is 7.91. The van der Waals surface area contributed by atoms with Crippen LogP contribution >= 0.6 is 0 Å². The number of pyridine rings is 1. The summed E-state index contributed by atoms with van der Waals surface area (Å²) in [5.41, 5.74) is 2.93. The number of amides is 1. The summed E-state index contributed by atoms with van der Waals surface area (Å²) in [4.78, 5) is 30.2. The van der Waals surface area contributed by atoms with E-state index in [-0.39, 0.29) is 17.8 Å². The Bertz CT molecular complexity index is 1370. The van der Waals surface area contributed by atoms with Crippen LogP contribution in [0.4, 0.5) is 0 Å². The summed E-state index contributed by atoms with van der Waals surface area (Å²) in [6.45, 7) is 7.10. The predicted molar refractivity (Wildman–Crippen MR) is 123 cm³/mol. The average Bonchev–Trinajstić information content (AvgIpc) is 3.37. The number of rotatable bonds is 7. The van der Waals surface area contributed by atoms with Gasteiger partial charge in [0.2, 0.25) is 0 Å². The van der Waals surface area contributed by atoms with Crippen molar-refractivity contribution in [2.45, 2.75) is 40.3 Å². The molecule has 0 aliphatic carbocycles. The summed E-state index contributed by atoms with van der Waals surface area (Å²) < 4.78 is 21.7. The number of carbonyl (C=O) groups is 2. The number of furan rings is 1. The summed E-state index contributed by atoms with van der Waals surface area (Å²) in [5.74, 6) is 0.911. The first-order chi connectivity index (χ1) is 16.3. The fourth-order valence-corrected chi connectivity index (χ4v) is 3.73. The number of benzene rings is 1. The van der Waals surface area contributed by atoms with E-state index in [0.717, 1.165) is 11.1 Å². The van der Waals surface area contributed by atoms with Crippen molar-refractivity contribution in [2.75, 3.05) is 7.11 Å². The number of nitrogens with zero attached hydrogens (tertiary/aromatic N) is 2. The molecule has 34 heavy (non-hydrogen) atoms. The van der Waals surface area contributed by atoms with Crippen LogP contribution in [-0.4, -0.2) is 35.2 Å². The second kappa shape index (κ2) is 9.38. The number of hydrogen-bond donors (Lipinski definition) is 1. The first kappa shape index (κ1) is 23.0. The van der Waals surface area contributed by atoms with Crippen LogP contribution in [-0.2, 0) is 16.1 Å². The Balaban J connectivity index is 1.55. The highest BCUT2D eigenvalue weighted by molar-refractivity contribution is 6.05. The fourth-order valence-electron chi connectivity index (χ4n) is 3.73. The van der Waals surface area contributed by atoms with Gasteiger partial charge in [-0.1, -0.05) is 23.4 Å². The zero-order valence-corrected chi connectivity index (χ0v) is 19.6. The molecule has 0 saturated carbocycles. The van der Waals surface area contributed by atoms with Gasteiger partial charge in [-0.3, -0.25) is 4.79 Å². The van der Waals surface area contributed by atoms with Crippen LogP contribution in [0, 0.1) is 20.8 Å². The summed E-state index contributed by atoms with van der Waals surface area (Å²) in [6.07, 6.45) is -1.04. The third kappa shape index (κ3) is 4.50. The van der Waals surface area contributed by atoms with E-state index in [9.17, 15) is 9.59 Å². The van der Waals surface area contributed by atoms with Gasteiger partial charge in [0.15, 0.2) is 6.10 Å². The van der Waals surface area contributed by atoms with Crippen molar-refractivity contribution in [3.63, 3.8) is 0 Å². The van der Waals surface area contributed by atoms with Crippen molar-refractivity contribution >= 4 is 23.0 Å². The van der Waals surface area contributed by atoms with Gasteiger partial charge in [-0.25, -0.2) is 9.78 Å². The van der Waals surface area contributed by atoms with Crippen molar-refractivity contribution in [2.24, 2.45) is 0 Å². The molecular weight excluding hydrogens is 438 g/mol. The van der Waals surface area contributed by atoms with Crippen LogP contribution in [0.3, 0.4) is 0 Å². The second-order valence-electron chi connectivity index (χ2n) is 7.91. The molecule has 0 aliphatic heterocycles. The van der Waals surface area contributed by atoms with E-state index < -0.39 is 18.0 Å². The molecule has 1 aromatic carbocycles. The quantitative estimate of drug-likeness (QED) is 0.404. The summed E-state index contributed by atoms with van der Waals surface area (Å²) in [6, 6.07) is 10.8. The Hall–Kier alpha value is -4.14. The molecule has 0 aliphatic rings. The van der Waals surface area contributed by atoms with Crippen LogP contribution in [0.1, 0.15) is 40.1 Å². The third-order valence-electron chi connectivity index (χ3n) is 5.45. The predicted octanol–water partition coefficient (Wildman–Crippen LogP) is 4.28. The monoisotopic (exact) mass is 463 g/mol. The average molecular weight is 463 g/mol. The molecule has 0 radical (unpaired) electrons. The van der Waals surface area contributed by atoms with Gasteiger partial charge in [0.1, 0.15) is 17.3 Å². The van der Waals surface area contributed by atoms with Crippen LogP contribution in [0.5, 0.6) is 5.75 Å². The van der Waals surface area contributed by atoms with E-state index in [1.807, 2.05) is 44.2 Å². The van der Waals surface area contributed by atoms with Crippen molar-refractivity contribution in [1.82, 2.24) is 15.5 Å². The molecular formula is C25H25N3O6. The highest BCUT2D eigenvalue weighted by Gasteiger charge is 2.25. The minimum Gasteiger partial charge on any atom is -0.496 e. The number of aromatic nitrogens is 2. The minimum absolute atomic E-state index is 0.202. The van der Waals surface area contributed by atoms with E-state index in [4.69, 9.17) is 18.4 Å². The first-order valence-corrected chi connectivity index (χ1v) is 10.7. The van der Waals surface area contributed by atoms with E-state index in [0.29, 0.717) is 34.0 Å². The largest absolute Gasteiger partial charge is 0.496 e. The number of fused-ring (bicyclic) bond motifs is 1. The molecule has 3 aromatic heterocycles. The summed E-state index contributed by atoms with van der Waals surface area (Å²) in [7, 11) is 1.56. The van der Waals surface area contributed by atoms with E-state index in [1.165, 1.54) is 6.92 Å². The number of carbonyl (C=O) groups excluding carboxylic acids is 2. The minimum atomic E-state index is -1.04. The van der Waals surface area contributed by atoms with Gasteiger partial charge >= 0.3 is 5.97 Å². The third-order valence-corrected chi connectivity index (χ3v) is 5.45. The molecule has 1 N–H and O–H groups in total. The van der Waals surface area contributed by atoms with Crippen LogP contribution in [0.25, 0.3) is 22.4 Å². The number of ether oxygens (including phenoxy) is 2. The number of nitrogens with one attached hydrogen (secondary N) is 1. The molecule has 9 heteroatoms. The molecule has 0 fully saturated rings. The molecule has 4 aromatic rings. The van der Waals surface area contributed by atoms with Gasteiger partial charge in [0, 0.05) is 17.7 Å². The van der Waals surface area contributed by atoms with Gasteiger partial charge in [0.25, 0.3) is 11.6 Å². The highest BCUT2D eigenvalue weighted by Crippen LogP contribution is 2.31. The Morgan fingerprint density at radius 2 is 1.91 bits per heavy atom. The zero-order chi connectivity index (χ0) is 24.4. The lowest BCUT2D eigenvalue weighted by Gasteiger charge is -2.15. The maximum absolute atomic E-state index is 13.1. The molecule has 0 spiro atoms. The Morgan fingerprint density at radius 1 is 1.15 bits per heavy atom. The Morgan fingerprint density at radius 3 is 2.62 bits per heavy atom. The van der Waals surface area contributed by atoms with Gasteiger partial charge in [-0.15, -0.1) is 0 Å². The lowest BCUT2D eigenvalue weighted by molar-refractivity contribution is -0.129. The van der Waals surface area contributed by atoms with Gasteiger partial charge in [-0.2, -0.15) is 0 Å². The molecule has 0 bridgehead atoms. The summed E-state index contributed by atoms with van der Waals surface area (Å²) >= 11 is 0. The number of methoxy groups -OCH3 is 1. The van der Waals surface area contributed by atoms with Crippen LogP contribution in [0.15, 0.2) is 45.3 Å². The lowest BCUT2D eigenvalue weighted by atomic mass is 10.1. The molecule has 1 amide bonds. The van der Waals surface area contributed by atoms with Crippen LogP contribution in [0.2, 0.25) is 0 Å². The molecule has 4 rings (SSSR count). The lowest BCUT2D eigenvalue weighted by Crippen LogP contribution is -2.35.